The minimum Gasteiger partial charge on any atom is -0.355 e. The summed E-state index contributed by atoms with van der Waals surface area (Å²) in [6.45, 7) is 4.36. The summed E-state index contributed by atoms with van der Waals surface area (Å²) < 4.78 is 0. The number of benzene rings is 2. The van der Waals surface area contributed by atoms with Crippen LogP contribution in [0.5, 0.6) is 0 Å². The van der Waals surface area contributed by atoms with E-state index in [0.29, 0.717) is 5.69 Å². The molecule has 0 atom stereocenters. The van der Waals surface area contributed by atoms with E-state index in [4.69, 9.17) is 0 Å². The Hall–Kier alpha value is -4.07. The first kappa shape index (κ1) is 20.8. The van der Waals surface area contributed by atoms with Gasteiger partial charge in [0.1, 0.15) is 0 Å². The van der Waals surface area contributed by atoms with Crippen molar-refractivity contribution >= 4 is 17.4 Å². The van der Waals surface area contributed by atoms with Gasteiger partial charge in [-0.3, -0.25) is 4.79 Å². The van der Waals surface area contributed by atoms with Crippen molar-refractivity contribution in [2.75, 3.05) is 23.3 Å². The van der Waals surface area contributed by atoms with Crippen LogP contribution < -0.4 is 10.2 Å². The number of hydrogen-bond acceptors (Lipinski definition) is 6. The van der Waals surface area contributed by atoms with Crippen molar-refractivity contribution in [1.82, 2.24) is 25.2 Å². The molecule has 0 saturated carbocycles. The Labute approximate surface area is 192 Å². The smallest absolute Gasteiger partial charge is 0.277 e. The fourth-order valence-electron chi connectivity index (χ4n) is 3.86. The van der Waals surface area contributed by atoms with E-state index in [1.165, 1.54) is 23.8 Å². The third kappa shape index (κ3) is 4.74. The Morgan fingerprint density at radius 1 is 0.939 bits per heavy atom. The normalized spacial score (nSPS) is 14.3. The zero-order valence-corrected chi connectivity index (χ0v) is 18.4. The number of carbonyl (C=O) groups excluding carboxylic acids is 1. The molecule has 5 rings (SSSR count). The van der Waals surface area contributed by atoms with Crippen molar-refractivity contribution in [1.29, 1.82) is 0 Å². The number of rotatable bonds is 5. The molecule has 0 bridgehead atoms. The molecule has 0 radical (unpaired) electrons. The molecule has 8 nitrogen and oxygen atoms in total. The number of amides is 1. The lowest BCUT2D eigenvalue weighted by Gasteiger charge is -2.30. The van der Waals surface area contributed by atoms with Gasteiger partial charge < -0.3 is 10.2 Å². The van der Waals surface area contributed by atoms with Gasteiger partial charge in [-0.05, 0) is 55.2 Å². The highest BCUT2D eigenvalue weighted by Gasteiger charge is 2.17. The molecular weight excluding hydrogens is 414 g/mol. The summed E-state index contributed by atoms with van der Waals surface area (Å²) in [5, 5.41) is 20.1. The van der Waals surface area contributed by atoms with E-state index < -0.39 is 0 Å². The van der Waals surface area contributed by atoms with Crippen LogP contribution in [0.4, 0.5) is 11.5 Å². The zero-order chi connectivity index (χ0) is 22.6. The number of hydrogen-bond donors (Lipinski definition) is 1. The van der Waals surface area contributed by atoms with Crippen LogP contribution in [-0.4, -0.2) is 44.2 Å². The van der Waals surface area contributed by atoms with Crippen LogP contribution in [0, 0.1) is 5.92 Å². The standard InChI is InChI=1S/C25H25N7O/c1-18-13-15-31(16-14-18)24-12-11-22(28-29-24)19-7-9-20(10-8-19)27-25(33)23-17-26-32(30-23)21-5-3-2-4-6-21/h2-12,17-18H,13-16H2,1H3,(H,27,33). The maximum absolute atomic E-state index is 12.6. The molecule has 1 aliphatic rings. The molecule has 1 amide bonds. The topological polar surface area (TPSA) is 88.8 Å². The molecule has 0 aliphatic carbocycles. The molecule has 33 heavy (non-hydrogen) atoms. The number of nitrogens with one attached hydrogen (secondary N) is 1. The van der Waals surface area contributed by atoms with E-state index in [-0.39, 0.29) is 11.6 Å². The fourth-order valence-corrected chi connectivity index (χ4v) is 3.86. The largest absolute Gasteiger partial charge is 0.355 e. The summed E-state index contributed by atoms with van der Waals surface area (Å²) in [5.74, 6) is 1.39. The van der Waals surface area contributed by atoms with E-state index in [0.717, 1.165) is 41.8 Å². The second kappa shape index (κ2) is 9.20. The summed E-state index contributed by atoms with van der Waals surface area (Å²) in [4.78, 5) is 16.3. The number of nitrogens with zero attached hydrogens (tertiary/aromatic N) is 6. The maximum Gasteiger partial charge on any atom is 0.277 e. The van der Waals surface area contributed by atoms with Crippen molar-refractivity contribution in [3.63, 3.8) is 0 Å². The Kier molecular flexibility index (Phi) is 5.80. The van der Waals surface area contributed by atoms with Gasteiger partial charge in [-0.1, -0.05) is 37.3 Å². The lowest BCUT2D eigenvalue weighted by molar-refractivity contribution is 0.102. The van der Waals surface area contributed by atoms with Gasteiger partial charge in [0.25, 0.3) is 5.91 Å². The Morgan fingerprint density at radius 2 is 1.70 bits per heavy atom. The lowest BCUT2D eigenvalue weighted by Crippen LogP contribution is -2.33. The fraction of sp³-hybridized carbons (Fsp3) is 0.240. The summed E-state index contributed by atoms with van der Waals surface area (Å²) in [6.07, 6.45) is 3.84. The quantitative estimate of drug-likeness (QED) is 0.501. The monoisotopic (exact) mass is 439 g/mol. The summed E-state index contributed by atoms with van der Waals surface area (Å²) >= 11 is 0. The average molecular weight is 440 g/mol. The molecule has 2 aromatic heterocycles. The van der Waals surface area contributed by atoms with Gasteiger partial charge in [0.15, 0.2) is 11.5 Å². The van der Waals surface area contributed by atoms with Gasteiger partial charge in [0.05, 0.1) is 17.6 Å². The van der Waals surface area contributed by atoms with Crippen molar-refractivity contribution in [3.05, 3.63) is 78.6 Å². The number of piperidine rings is 1. The Bertz CT molecular complexity index is 1210. The second-order valence-electron chi connectivity index (χ2n) is 8.33. The highest BCUT2D eigenvalue weighted by atomic mass is 16.2. The third-order valence-corrected chi connectivity index (χ3v) is 5.91. The molecular formula is C25H25N7O. The third-order valence-electron chi connectivity index (χ3n) is 5.91. The van der Waals surface area contributed by atoms with E-state index >= 15 is 0 Å². The van der Waals surface area contributed by atoms with E-state index in [1.807, 2.05) is 66.7 Å². The highest BCUT2D eigenvalue weighted by molar-refractivity contribution is 6.02. The summed E-state index contributed by atoms with van der Waals surface area (Å²) in [7, 11) is 0. The Balaban J connectivity index is 1.23. The molecule has 2 aromatic carbocycles. The van der Waals surface area contributed by atoms with Gasteiger partial charge in [-0.2, -0.15) is 9.90 Å². The van der Waals surface area contributed by atoms with Gasteiger partial charge in [-0.15, -0.1) is 15.3 Å². The minimum atomic E-state index is -0.315. The van der Waals surface area contributed by atoms with Gasteiger partial charge >= 0.3 is 0 Å². The van der Waals surface area contributed by atoms with Crippen LogP contribution >= 0.6 is 0 Å². The average Bonchev–Trinajstić information content (AvgIpc) is 3.37. The molecule has 1 saturated heterocycles. The minimum absolute atomic E-state index is 0.247. The molecule has 166 valence electrons. The summed E-state index contributed by atoms with van der Waals surface area (Å²) in [6, 6.07) is 21.0. The van der Waals surface area contributed by atoms with Crippen molar-refractivity contribution < 1.29 is 4.79 Å². The maximum atomic E-state index is 12.6. The zero-order valence-electron chi connectivity index (χ0n) is 18.4. The van der Waals surface area contributed by atoms with Crippen molar-refractivity contribution in [2.45, 2.75) is 19.8 Å². The number of aromatic nitrogens is 5. The van der Waals surface area contributed by atoms with Gasteiger partial charge in [-0.25, -0.2) is 0 Å². The van der Waals surface area contributed by atoms with E-state index in [2.05, 4.69) is 37.5 Å². The molecule has 0 unspecified atom stereocenters. The predicted octanol–water partition coefficient (Wildman–Crippen LogP) is 4.21. The van der Waals surface area contributed by atoms with E-state index in [1.54, 1.807) is 0 Å². The molecule has 1 N–H and O–H groups in total. The second-order valence-corrected chi connectivity index (χ2v) is 8.33. The molecule has 8 heteroatoms. The molecule has 3 heterocycles. The number of anilines is 2. The first-order valence-corrected chi connectivity index (χ1v) is 11.1. The van der Waals surface area contributed by atoms with Crippen molar-refractivity contribution in [3.8, 4) is 16.9 Å². The molecule has 1 fully saturated rings. The highest BCUT2D eigenvalue weighted by Crippen LogP contribution is 2.24. The molecule has 0 spiro atoms. The van der Waals surface area contributed by atoms with E-state index in [9.17, 15) is 4.79 Å². The SMILES string of the molecule is CC1CCN(c2ccc(-c3ccc(NC(=O)c4cnn(-c5ccccc5)n4)cc3)nn2)CC1. The van der Waals surface area contributed by atoms with Crippen LogP contribution in [0.3, 0.4) is 0 Å². The predicted molar refractivity (Wildman–Crippen MR) is 127 cm³/mol. The van der Waals surface area contributed by atoms with Crippen LogP contribution in [0.15, 0.2) is 72.9 Å². The lowest BCUT2D eigenvalue weighted by atomic mass is 9.99. The van der Waals surface area contributed by atoms with Gasteiger partial charge in [0, 0.05) is 24.3 Å². The molecule has 1 aliphatic heterocycles. The van der Waals surface area contributed by atoms with Crippen LogP contribution in [-0.2, 0) is 0 Å². The first-order valence-electron chi connectivity index (χ1n) is 11.1. The number of para-hydroxylation sites is 1. The first-order chi connectivity index (χ1) is 16.2. The van der Waals surface area contributed by atoms with Crippen LogP contribution in [0.25, 0.3) is 16.9 Å². The molecule has 4 aromatic rings. The van der Waals surface area contributed by atoms with Gasteiger partial charge in [0.2, 0.25) is 0 Å². The van der Waals surface area contributed by atoms with Crippen LogP contribution in [0.2, 0.25) is 0 Å². The summed E-state index contributed by atoms with van der Waals surface area (Å²) in [5.41, 5.74) is 3.45. The Morgan fingerprint density at radius 3 is 2.39 bits per heavy atom. The van der Waals surface area contributed by atoms with Crippen molar-refractivity contribution in [2.24, 2.45) is 5.92 Å². The van der Waals surface area contributed by atoms with Crippen LogP contribution in [0.1, 0.15) is 30.3 Å². The number of carbonyl (C=O) groups is 1.